The molecule has 0 saturated carbocycles. The number of aromatic amines is 1. The van der Waals surface area contributed by atoms with Gasteiger partial charge in [0, 0.05) is 43.8 Å². The first-order valence-corrected chi connectivity index (χ1v) is 13.9. The average molecular weight is 567 g/mol. The molecular weight excluding hydrogens is 535 g/mol. The number of rotatable bonds is 8. The van der Waals surface area contributed by atoms with Crippen molar-refractivity contribution in [2.24, 2.45) is 0 Å². The highest BCUT2D eigenvalue weighted by Gasteiger charge is 2.26. The van der Waals surface area contributed by atoms with Crippen molar-refractivity contribution in [3.8, 4) is 17.3 Å². The number of nitrogens with zero attached hydrogens (tertiary/aromatic N) is 6. The van der Waals surface area contributed by atoms with E-state index in [4.69, 9.17) is 4.74 Å². The molecular formula is C31H31FN8O2. The fourth-order valence-electron chi connectivity index (χ4n) is 5.23. The van der Waals surface area contributed by atoms with Gasteiger partial charge in [0.05, 0.1) is 16.8 Å². The van der Waals surface area contributed by atoms with Crippen molar-refractivity contribution in [1.82, 2.24) is 34.6 Å². The molecule has 0 spiro atoms. The highest BCUT2D eigenvalue weighted by molar-refractivity contribution is 5.92. The van der Waals surface area contributed by atoms with Gasteiger partial charge in [-0.05, 0) is 60.6 Å². The van der Waals surface area contributed by atoms with Crippen LogP contribution in [0.2, 0.25) is 0 Å². The first-order chi connectivity index (χ1) is 20.4. The highest BCUT2D eigenvalue weighted by Crippen LogP contribution is 2.37. The molecule has 42 heavy (non-hydrogen) atoms. The molecule has 2 N–H and O–H groups in total. The quantitative estimate of drug-likeness (QED) is 0.214. The number of anilines is 2. The van der Waals surface area contributed by atoms with E-state index >= 15 is 4.39 Å². The number of carbonyl (C=O) groups is 1. The number of aromatic nitrogens is 6. The molecule has 1 amide bonds. The van der Waals surface area contributed by atoms with Gasteiger partial charge >= 0.3 is 0 Å². The van der Waals surface area contributed by atoms with Crippen molar-refractivity contribution in [2.75, 3.05) is 18.4 Å². The molecule has 5 heterocycles. The first kappa shape index (κ1) is 27.1. The van der Waals surface area contributed by atoms with Crippen LogP contribution in [-0.2, 0) is 4.79 Å². The average Bonchev–Trinajstić information content (AvgIpc) is 3.67. The number of H-pyrrole nitrogens is 1. The van der Waals surface area contributed by atoms with E-state index in [1.165, 1.54) is 18.5 Å². The third-order valence-corrected chi connectivity index (χ3v) is 7.50. The minimum atomic E-state index is -0.490. The molecule has 1 aliphatic heterocycles. The van der Waals surface area contributed by atoms with Crippen LogP contribution < -0.4 is 10.1 Å². The zero-order valence-corrected chi connectivity index (χ0v) is 23.4. The number of hydrogen-bond acceptors (Lipinski definition) is 7. The van der Waals surface area contributed by atoms with E-state index in [2.05, 4.69) is 50.8 Å². The van der Waals surface area contributed by atoms with Crippen LogP contribution in [0.15, 0.2) is 74.0 Å². The number of amides is 1. The van der Waals surface area contributed by atoms with Gasteiger partial charge in [0.25, 0.3) is 0 Å². The zero-order valence-electron chi connectivity index (χ0n) is 23.4. The van der Waals surface area contributed by atoms with Crippen molar-refractivity contribution in [3.05, 3.63) is 91.0 Å². The van der Waals surface area contributed by atoms with Crippen molar-refractivity contribution >= 4 is 28.4 Å². The summed E-state index contributed by atoms with van der Waals surface area (Å²) in [5.74, 6) is 1.93. The van der Waals surface area contributed by atoms with Crippen LogP contribution in [0.4, 0.5) is 15.9 Å². The summed E-state index contributed by atoms with van der Waals surface area (Å²) in [5.41, 5.74) is 2.93. The summed E-state index contributed by atoms with van der Waals surface area (Å²) in [5, 5.41) is 8.52. The predicted octanol–water partition coefficient (Wildman–Crippen LogP) is 6.23. The Bertz CT molecular complexity index is 1750. The van der Waals surface area contributed by atoms with Gasteiger partial charge in [-0.3, -0.25) is 4.79 Å². The maximum atomic E-state index is 15.3. The van der Waals surface area contributed by atoms with Crippen LogP contribution in [0, 0.1) is 5.82 Å². The monoisotopic (exact) mass is 566 g/mol. The maximum absolute atomic E-state index is 15.3. The number of pyridine rings is 1. The van der Waals surface area contributed by atoms with E-state index in [9.17, 15) is 4.79 Å². The minimum Gasteiger partial charge on any atom is -0.457 e. The Labute approximate surface area is 242 Å². The molecule has 0 radical (unpaired) electrons. The Morgan fingerprint density at radius 2 is 1.95 bits per heavy atom. The molecule has 1 saturated heterocycles. The third kappa shape index (κ3) is 5.45. The number of fused-ring (bicyclic) bond motifs is 1. The SMILES string of the molecule is C=CC(=O)N1CCC(c2c[nH]c3ncnc(Nc4ccc(Oc5ccnc(-n6ccc(C(C)C)n6)c5)cc4F)c23)CC1. The molecule has 0 aliphatic carbocycles. The van der Waals surface area contributed by atoms with E-state index in [1.807, 2.05) is 18.5 Å². The lowest BCUT2D eigenvalue weighted by molar-refractivity contribution is -0.127. The van der Waals surface area contributed by atoms with E-state index in [0.717, 1.165) is 29.5 Å². The number of carbonyl (C=O) groups excluding carboxylic acids is 1. The molecule has 5 aromatic rings. The van der Waals surface area contributed by atoms with Gasteiger partial charge in [-0.2, -0.15) is 5.10 Å². The number of benzene rings is 1. The second kappa shape index (κ2) is 11.4. The lowest BCUT2D eigenvalue weighted by Gasteiger charge is -2.31. The van der Waals surface area contributed by atoms with Gasteiger partial charge in [-0.1, -0.05) is 20.4 Å². The smallest absolute Gasteiger partial charge is 0.245 e. The second-order valence-corrected chi connectivity index (χ2v) is 10.6. The molecule has 0 atom stereocenters. The van der Waals surface area contributed by atoms with Crippen molar-refractivity contribution in [1.29, 1.82) is 0 Å². The molecule has 1 fully saturated rings. The lowest BCUT2D eigenvalue weighted by atomic mass is 9.89. The van der Waals surface area contributed by atoms with Crippen molar-refractivity contribution < 1.29 is 13.9 Å². The third-order valence-electron chi connectivity index (χ3n) is 7.50. The van der Waals surface area contributed by atoms with Gasteiger partial charge < -0.3 is 19.9 Å². The highest BCUT2D eigenvalue weighted by atomic mass is 19.1. The Hall–Kier alpha value is -5.06. The summed E-state index contributed by atoms with van der Waals surface area (Å²) in [6, 6.07) is 10.1. The fourth-order valence-corrected chi connectivity index (χ4v) is 5.23. The summed E-state index contributed by atoms with van der Waals surface area (Å²) < 4.78 is 23.0. The van der Waals surface area contributed by atoms with Crippen LogP contribution in [0.25, 0.3) is 16.9 Å². The van der Waals surface area contributed by atoms with Gasteiger partial charge in [0.2, 0.25) is 5.91 Å². The molecule has 11 heteroatoms. The molecule has 6 rings (SSSR count). The van der Waals surface area contributed by atoms with E-state index in [1.54, 1.807) is 40.0 Å². The molecule has 4 aromatic heterocycles. The fraction of sp³-hybridized carbons (Fsp3) is 0.258. The van der Waals surface area contributed by atoms with Crippen LogP contribution in [-0.4, -0.2) is 53.6 Å². The molecule has 1 aliphatic rings. The van der Waals surface area contributed by atoms with Crippen molar-refractivity contribution in [2.45, 2.75) is 38.5 Å². The maximum Gasteiger partial charge on any atom is 0.245 e. The number of piperidine rings is 1. The van der Waals surface area contributed by atoms with Crippen LogP contribution in [0.1, 0.15) is 49.8 Å². The molecule has 0 bridgehead atoms. The summed E-state index contributed by atoms with van der Waals surface area (Å²) in [6.07, 6.45) is 9.82. The second-order valence-electron chi connectivity index (χ2n) is 10.6. The predicted molar refractivity (Wildman–Crippen MR) is 158 cm³/mol. The standard InChI is InChI=1S/C31H31FN8O2/c1-4-28(41)39-12-8-20(9-13-39)23-17-34-30-29(23)31(36-18-35-30)37-26-6-5-21(15-24(26)32)42-22-7-11-33-27(16-22)40-14-10-25(38-40)19(2)3/h4-7,10-11,14-20H,1,8-9,12-13H2,2-3H3,(H2,34,35,36,37). The van der Waals surface area contributed by atoms with Gasteiger partial charge in [0.15, 0.2) is 5.82 Å². The minimum absolute atomic E-state index is 0.0523. The van der Waals surface area contributed by atoms with E-state index in [0.29, 0.717) is 47.8 Å². The van der Waals surface area contributed by atoms with E-state index < -0.39 is 5.82 Å². The Morgan fingerprint density at radius 1 is 1.14 bits per heavy atom. The molecule has 0 unspecified atom stereocenters. The van der Waals surface area contributed by atoms with Crippen LogP contribution in [0.3, 0.4) is 0 Å². The summed E-state index contributed by atoms with van der Waals surface area (Å²) in [7, 11) is 0. The Kier molecular flexibility index (Phi) is 7.39. The summed E-state index contributed by atoms with van der Waals surface area (Å²) in [6.45, 7) is 9.04. The number of halogens is 1. The largest absolute Gasteiger partial charge is 0.457 e. The summed E-state index contributed by atoms with van der Waals surface area (Å²) in [4.78, 5) is 30.2. The Morgan fingerprint density at radius 3 is 2.69 bits per heavy atom. The van der Waals surface area contributed by atoms with Gasteiger partial charge in [-0.25, -0.2) is 24.0 Å². The Balaban J connectivity index is 1.19. The van der Waals surface area contributed by atoms with Gasteiger partial charge in [0.1, 0.15) is 35.1 Å². The number of likely N-dealkylation sites (tertiary alicyclic amines) is 1. The lowest BCUT2D eigenvalue weighted by Crippen LogP contribution is -2.36. The molecule has 10 nitrogen and oxygen atoms in total. The molecule has 214 valence electrons. The van der Waals surface area contributed by atoms with Crippen LogP contribution >= 0.6 is 0 Å². The van der Waals surface area contributed by atoms with E-state index in [-0.39, 0.29) is 17.5 Å². The van der Waals surface area contributed by atoms with Gasteiger partial charge in [-0.15, -0.1) is 0 Å². The first-order valence-electron chi connectivity index (χ1n) is 13.9. The van der Waals surface area contributed by atoms with Crippen molar-refractivity contribution in [3.63, 3.8) is 0 Å². The van der Waals surface area contributed by atoms with Crippen LogP contribution in [0.5, 0.6) is 11.5 Å². The number of nitrogens with one attached hydrogen (secondary N) is 2. The number of hydrogen-bond donors (Lipinski definition) is 2. The summed E-state index contributed by atoms with van der Waals surface area (Å²) >= 11 is 0. The topological polar surface area (TPSA) is 114 Å². The molecule has 1 aromatic carbocycles. The normalized spacial score (nSPS) is 14.0. The number of ether oxygens (including phenoxy) is 1. The zero-order chi connectivity index (χ0) is 29.2.